The SMILES string of the molecule is CC(C)(C)OCC1C(C#N)C2CC1C1C3CC(C21)C1C2CC(C4C5C=CC(C5)C24)C31. The molecule has 0 spiro atoms. The van der Waals surface area contributed by atoms with Crippen LogP contribution in [0.3, 0.4) is 0 Å². The predicted octanol–water partition coefficient (Wildman–Crippen LogP) is 5.41. The monoisotopic (exact) mass is 403 g/mol. The second-order valence-electron chi connectivity index (χ2n) is 13.8. The summed E-state index contributed by atoms with van der Waals surface area (Å²) in [6.07, 6.45) is 11.2. The van der Waals surface area contributed by atoms with Crippen LogP contribution in [0, 0.1) is 106 Å². The maximum absolute atomic E-state index is 10.2. The molecular formula is C28H37NO. The molecule has 0 aromatic carbocycles. The maximum Gasteiger partial charge on any atom is 0.0662 e. The molecule has 0 amide bonds. The third-order valence-electron chi connectivity index (χ3n) is 12.4. The van der Waals surface area contributed by atoms with Crippen molar-refractivity contribution in [1.82, 2.24) is 0 Å². The van der Waals surface area contributed by atoms with E-state index < -0.39 is 0 Å². The highest BCUT2D eigenvalue weighted by Crippen LogP contribution is 2.81. The molecule has 2 heteroatoms. The lowest BCUT2D eigenvalue weighted by molar-refractivity contribution is -0.0746. The fourth-order valence-corrected chi connectivity index (χ4v) is 12.4. The van der Waals surface area contributed by atoms with Crippen LogP contribution in [0.4, 0.5) is 0 Å². The molecule has 30 heavy (non-hydrogen) atoms. The first-order chi connectivity index (χ1) is 14.5. The zero-order valence-corrected chi connectivity index (χ0v) is 18.8. The van der Waals surface area contributed by atoms with Gasteiger partial charge in [0, 0.05) is 5.92 Å². The van der Waals surface area contributed by atoms with Crippen molar-refractivity contribution < 1.29 is 4.74 Å². The second kappa shape index (κ2) is 5.39. The number of nitrogens with zero attached hydrogens (tertiary/aromatic N) is 1. The van der Waals surface area contributed by atoms with E-state index in [0.717, 1.165) is 83.5 Å². The van der Waals surface area contributed by atoms with Gasteiger partial charge < -0.3 is 4.74 Å². The van der Waals surface area contributed by atoms with Crippen LogP contribution in [0.15, 0.2) is 12.2 Å². The largest absolute Gasteiger partial charge is 0.376 e. The van der Waals surface area contributed by atoms with Crippen molar-refractivity contribution in [3.8, 4) is 6.07 Å². The van der Waals surface area contributed by atoms with Gasteiger partial charge in [-0.3, -0.25) is 0 Å². The topological polar surface area (TPSA) is 33.0 Å². The molecule has 8 rings (SSSR count). The molecule has 0 heterocycles. The maximum atomic E-state index is 10.2. The van der Waals surface area contributed by atoms with Crippen LogP contribution < -0.4 is 0 Å². The van der Waals surface area contributed by atoms with Gasteiger partial charge in [-0.15, -0.1) is 0 Å². The summed E-state index contributed by atoms with van der Waals surface area (Å²) in [5.74, 6) is 14.4. The summed E-state index contributed by atoms with van der Waals surface area (Å²) < 4.78 is 6.29. The second-order valence-corrected chi connectivity index (χ2v) is 13.8. The van der Waals surface area contributed by atoms with E-state index in [2.05, 4.69) is 39.0 Å². The fourth-order valence-electron chi connectivity index (χ4n) is 12.4. The molecule has 16 atom stereocenters. The van der Waals surface area contributed by atoms with Crippen LogP contribution in [-0.4, -0.2) is 12.2 Å². The molecular weight excluding hydrogens is 366 g/mol. The van der Waals surface area contributed by atoms with E-state index >= 15 is 0 Å². The molecule has 0 aromatic rings. The van der Waals surface area contributed by atoms with Crippen LogP contribution in [0.2, 0.25) is 0 Å². The number of hydrogen-bond donors (Lipinski definition) is 0. The smallest absolute Gasteiger partial charge is 0.0662 e. The first-order valence-electron chi connectivity index (χ1n) is 13.2. The molecule has 16 unspecified atom stereocenters. The highest BCUT2D eigenvalue weighted by atomic mass is 16.5. The molecule has 0 aromatic heterocycles. The quantitative estimate of drug-likeness (QED) is 0.456. The van der Waals surface area contributed by atoms with Gasteiger partial charge in [0.25, 0.3) is 0 Å². The van der Waals surface area contributed by atoms with Gasteiger partial charge in [-0.1, -0.05) is 12.2 Å². The first kappa shape index (κ1) is 17.7. The Hall–Kier alpha value is -0.810. The van der Waals surface area contributed by atoms with E-state index in [0.29, 0.717) is 11.8 Å². The number of nitriles is 1. The van der Waals surface area contributed by atoms with Gasteiger partial charge in [-0.25, -0.2) is 0 Å². The van der Waals surface area contributed by atoms with Crippen molar-refractivity contribution in [3.63, 3.8) is 0 Å². The molecule has 7 saturated carbocycles. The average molecular weight is 404 g/mol. The molecule has 8 aliphatic carbocycles. The van der Waals surface area contributed by atoms with Gasteiger partial charge in [0.1, 0.15) is 0 Å². The summed E-state index contributed by atoms with van der Waals surface area (Å²) in [4.78, 5) is 0. The van der Waals surface area contributed by atoms with Crippen LogP contribution >= 0.6 is 0 Å². The normalized spacial score (nSPS) is 64.7. The summed E-state index contributed by atoms with van der Waals surface area (Å²) in [5, 5.41) is 10.2. The van der Waals surface area contributed by atoms with Crippen molar-refractivity contribution in [1.29, 1.82) is 5.26 Å². The summed E-state index contributed by atoms with van der Waals surface area (Å²) in [7, 11) is 0. The van der Waals surface area contributed by atoms with Crippen LogP contribution in [0.1, 0.15) is 46.5 Å². The summed E-state index contributed by atoms with van der Waals surface area (Å²) in [5.41, 5.74) is -0.0874. The molecule has 0 aliphatic heterocycles. The summed E-state index contributed by atoms with van der Waals surface area (Å²) >= 11 is 0. The summed E-state index contributed by atoms with van der Waals surface area (Å²) in [6.45, 7) is 7.33. The van der Waals surface area contributed by atoms with Crippen LogP contribution in [0.5, 0.6) is 0 Å². The standard InChI is InChI=1S/C28H37NO/c1-28(2,3)30-11-21-15-7-14(20(21)10-29)24-18-9-19(25(15)24)27-17-8-16(26(18)27)22-12-4-5-13(6-12)23(17)22/h4-5,12-27H,6-9,11H2,1-3H3. The first-order valence-corrected chi connectivity index (χ1v) is 13.2. The molecule has 7 fully saturated rings. The van der Waals surface area contributed by atoms with E-state index in [-0.39, 0.29) is 11.5 Å². The minimum atomic E-state index is -0.0874. The number of rotatable bonds is 2. The van der Waals surface area contributed by atoms with Crippen molar-refractivity contribution in [2.45, 2.75) is 52.1 Å². The number of hydrogen-bond acceptors (Lipinski definition) is 2. The lowest BCUT2D eigenvalue weighted by Gasteiger charge is -2.51. The summed E-state index contributed by atoms with van der Waals surface area (Å²) in [6, 6.07) is 2.82. The Bertz CT molecular complexity index is 863. The van der Waals surface area contributed by atoms with E-state index in [1.54, 1.807) is 6.42 Å². The number of fused-ring (bicyclic) bond motifs is 23. The Morgan fingerprint density at radius 1 is 0.733 bits per heavy atom. The Morgan fingerprint density at radius 3 is 1.80 bits per heavy atom. The highest BCUT2D eigenvalue weighted by molar-refractivity contribution is 5.28. The fraction of sp³-hybridized carbons (Fsp3) is 0.893. The van der Waals surface area contributed by atoms with Gasteiger partial charge in [0.05, 0.1) is 24.2 Å². The molecule has 0 N–H and O–H groups in total. The average Bonchev–Trinajstić information content (AvgIpc) is 3.52. The van der Waals surface area contributed by atoms with E-state index in [1.807, 2.05) is 0 Å². The van der Waals surface area contributed by atoms with Crippen molar-refractivity contribution in [3.05, 3.63) is 12.2 Å². The third kappa shape index (κ3) is 1.86. The molecule has 8 aliphatic rings. The Kier molecular flexibility index (Phi) is 3.18. The Balaban J connectivity index is 1.12. The predicted molar refractivity (Wildman–Crippen MR) is 115 cm³/mol. The van der Waals surface area contributed by atoms with Gasteiger partial charge in [0.2, 0.25) is 0 Å². The zero-order valence-electron chi connectivity index (χ0n) is 18.8. The lowest BCUT2D eigenvalue weighted by atomic mass is 9.53. The van der Waals surface area contributed by atoms with Crippen molar-refractivity contribution in [2.24, 2.45) is 94.7 Å². The Morgan fingerprint density at radius 2 is 1.23 bits per heavy atom. The lowest BCUT2D eigenvalue weighted by Crippen LogP contribution is -2.49. The van der Waals surface area contributed by atoms with E-state index in [9.17, 15) is 5.26 Å². The zero-order chi connectivity index (χ0) is 20.1. The molecule has 0 saturated heterocycles. The van der Waals surface area contributed by atoms with Gasteiger partial charge in [-0.05, 0) is 129 Å². The highest BCUT2D eigenvalue weighted by Gasteiger charge is 2.76. The van der Waals surface area contributed by atoms with E-state index in [1.165, 1.54) is 19.3 Å². The minimum Gasteiger partial charge on any atom is -0.376 e. The number of ether oxygens (including phenoxy) is 1. The van der Waals surface area contributed by atoms with Crippen molar-refractivity contribution in [2.75, 3.05) is 6.61 Å². The van der Waals surface area contributed by atoms with Gasteiger partial charge >= 0.3 is 0 Å². The van der Waals surface area contributed by atoms with Crippen LogP contribution in [0.25, 0.3) is 0 Å². The molecule has 8 bridgehead atoms. The third-order valence-corrected chi connectivity index (χ3v) is 12.4. The van der Waals surface area contributed by atoms with Gasteiger partial charge in [0.15, 0.2) is 0 Å². The molecule has 2 nitrogen and oxygen atoms in total. The van der Waals surface area contributed by atoms with Crippen molar-refractivity contribution >= 4 is 0 Å². The van der Waals surface area contributed by atoms with Gasteiger partial charge in [-0.2, -0.15) is 5.26 Å². The van der Waals surface area contributed by atoms with Crippen LogP contribution in [-0.2, 0) is 4.74 Å². The minimum absolute atomic E-state index is 0.0874. The van der Waals surface area contributed by atoms with E-state index in [4.69, 9.17) is 4.74 Å². The molecule has 0 radical (unpaired) electrons. The molecule has 160 valence electrons. The number of allylic oxidation sites excluding steroid dienone is 2. The Labute approximate surface area is 181 Å².